The van der Waals surface area contributed by atoms with Gasteiger partial charge in [0, 0.05) is 6.54 Å². The minimum atomic E-state index is -0.772. The molecular weight excluding hydrogens is 282 g/mol. The standard InChI is InChI=1S/C15H23N5O2/c16-12(10-21)7-4-8-20(15(18)19)14(22)13(17)9-11-5-2-1-3-6-11/h1-3,5-6,10,12-13H,4,7-9,16-17H2,(H3,18,19)/t12-,13+/m0/s1. The van der Waals surface area contributed by atoms with Gasteiger partial charge in [-0.2, -0.15) is 0 Å². The maximum atomic E-state index is 12.3. The van der Waals surface area contributed by atoms with Gasteiger partial charge in [0.2, 0.25) is 5.91 Å². The lowest BCUT2D eigenvalue weighted by Gasteiger charge is -2.24. The Bertz CT molecular complexity index is 506. The van der Waals surface area contributed by atoms with Crippen LogP contribution in [0.3, 0.4) is 0 Å². The summed E-state index contributed by atoms with van der Waals surface area (Å²) in [5, 5.41) is 7.51. The summed E-state index contributed by atoms with van der Waals surface area (Å²) >= 11 is 0. The fourth-order valence-corrected chi connectivity index (χ4v) is 2.06. The molecule has 7 heteroatoms. The van der Waals surface area contributed by atoms with Crippen LogP contribution in [0.5, 0.6) is 0 Å². The molecule has 0 aromatic heterocycles. The van der Waals surface area contributed by atoms with Crippen LogP contribution < -0.4 is 17.2 Å². The zero-order chi connectivity index (χ0) is 16.5. The highest BCUT2D eigenvalue weighted by Crippen LogP contribution is 2.06. The van der Waals surface area contributed by atoms with Crippen molar-refractivity contribution in [3.63, 3.8) is 0 Å². The van der Waals surface area contributed by atoms with E-state index >= 15 is 0 Å². The van der Waals surface area contributed by atoms with Gasteiger partial charge in [-0.25, -0.2) is 0 Å². The topological polar surface area (TPSA) is 139 Å². The lowest BCUT2D eigenvalue weighted by molar-refractivity contribution is -0.128. The Morgan fingerprint density at radius 2 is 1.91 bits per heavy atom. The van der Waals surface area contributed by atoms with Crippen LogP contribution in [-0.4, -0.2) is 41.7 Å². The summed E-state index contributed by atoms with van der Waals surface area (Å²) in [5.74, 6) is -0.760. The van der Waals surface area contributed by atoms with Crippen molar-refractivity contribution in [1.82, 2.24) is 4.90 Å². The highest BCUT2D eigenvalue weighted by atomic mass is 16.2. The van der Waals surface area contributed by atoms with Gasteiger partial charge >= 0.3 is 0 Å². The first-order valence-electron chi connectivity index (χ1n) is 7.11. The van der Waals surface area contributed by atoms with Gasteiger partial charge in [-0.3, -0.25) is 15.1 Å². The maximum absolute atomic E-state index is 12.3. The van der Waals surface area contributed by atoms with E-state index in [0.29, 0.717) is 25.5 Å². The molecule has 120 valence electrons. The number of nitrogens with two attached hydrogens (primary N) is 3. The first-order chi connectivity index (χ1) is 10.5. The molecule has 1 rings (SSSR count). The SMILES string of the molecule is N=C(N)N(CCC[C@H](N)C=O)C(=O)[C@H](N)Cc1ccccc1. The van der Waals surface area contributed by atoms with Crippen LogP contribution >= 0.6 is 0 Å². The number of benzene rings is 1. The van der Waals surface area contributed by atoms with Gasteiger partial charge < -0.3 is 22.0 Å². The van der Waals surface area contributed by atoms with E-state index in [4.69, 9.17) is 22.6 Å². The minimum absolute atomic E-state index is 0.220. The molecular formula is C15H23N5O2. The van der Waals surface area contributed by atoms with Crippen LogP contribution in [0, 0.1) is 5.41 Å². The number of hydrogen-bond donors (Lipinski definition) is 4. The van der Waals surface area contributed by atoms with Crippen molar-refractivity contribution in [2.24, 2.45) is 17.2 Å². The van der Waals surface area contributed by atoms with E-state index in [2.05, 4.69) is 0 Å². The molecule has 0 radical (unpaired) electrons. The van der Waals surface area contributed by atoms with Gasteiger partial charge in [-0.05, 0) is 24.8 Å². The average molecular weight is 305 g/mol. The van der Waals surface area contributed by atoms with Gasteiger partial charge in [0.25, 0.3) is 0 Å². The molecule has 0 heterocycles. The second kappa shape index (κ2) is 8.91. The second-order valence-electron chi connectivity index (χ2n) is 5.11. The molecule has 0 saturated heterocycles. The van der Waals surface area contributed by atoms with Crippen LogP contribution in [0.25, 0.3) is 0 Å². The lowest BCUT2D eigenvalue weighted by Crippen LogP contribution is -2.50. The highest BCUT2D eigenvalue weighted by molar-refractivity contribution is 5.97. The molecule has 1 amide bonds. The van der Waals surface area contributed by atoms with Gasteiger partial charge in [0.15, 0.2) is 5.96 Å². The Morgan fingerprint density at radius 1 is 1.27 bits per heavy atom. The molecule has 1 aromatic rings. The number of nitrogens with zero attached hydrogens (tertiary/aromatic N) is 1. The van der Waals surface area contributed by atoms with Crippen LogP contribution in [0.2, 0.25) is 0 Å². The minimum Gasteiger partial charge on any atom is -0.370 e. The van der Waals surface area contributed by atoms with E-state index < -0.39 is 18.0 Å². The fourth-order valence-electron chi connectivity index (χ4n) is 2.06. The van der Waals surface area contributed by atoms with Crippen LogP contribution in [0.15, 0.2) is 30.3 Å². The van der Waals surface area contributed by atoms with Crippen molar-refractivity contribution in [1.29, 1.82) is 5.41 Å². The number of hydrogen-bond acceptors (Lipinski definition) is 5. The predicted molar refractivity (Wildman–Crippen MR) is 85.0 cm³/mol. The van der Waals surface area contributed by atoms with Gasteiger partial charge in [0.05, 0.1) is 12.1 Å². The molecule has 0 fully saturated rings. The quantitative estimate of drug-likeness (QED) is 0.293. The Labute approximate surface area is 130 Å². The largest absolute Gasteiger partial charge is 0.370 e. The molecule has 7 nitrogen and oxygen atoms in total. The zero-order valence-corrected chi connectivity index (χ0v) is 12.4. The molecule has 7 N–H and O–H groups in total. The number of carbonyl (C=O) groups excluding carboxylic acids is 2. The molecule has 1 aromatic carbocycles. The smallest absolute Gasteiger partial charge is 0.246 e. The number of carbonyl (C=O) groups is 2. The highest BCUT2D eigenvalue weighted by Gasteiger charge is 2.23. The summed E-state index contributed by atoms with van der Waals surface area (Å²) in [6, 6.07) is 8.05. The van der Waals surface area contributed by atoms with Gasteiger partial charge in [-0.1, -0.05) is 30.3 Å². The monoisotopic (exact) mass is 305 g/mol. The molecule has 0 spiro atoms. The first-order valence-corrected chi connectivity index (χ1v) is 7.11. The Balaban J connectivity index is 2.60. The van der Waals surface area contributed by atoms with Crippen molar-refractivity contribution in [3.05, 3.63) is 35.9 Å². The third-order valence-corrected chi connectivity index (χ3v) is 3.27. The van der Waals surface area contributed by atoms with Crippen LogP contribution in [0.1, 0.15) is 18.4 Å². The Kier molecular flexibility index (Phi) is 7.21. The van der Waals surface area contributed by atoms with E-state index in [1.165, 1.54) is 0 Å². The third kappa shape index (κ3) is 5.63. The van der Waals surface area contributed by atoms with Crippen molar-refractivity contribution in [3.8, 4) is 0 Å². The van der Waals surface area contributed by atoms with Crippen molar-refractivity contribution in [2.75, 3.05) is 6.54 Å². The normalized spacial score (nSPS) is 13.2. The van der Waals surface area contributed by atoms with Gasteiger partial charge in [0.1, 0.15) is 6.29 Å². The fraction of sp³-hybridized carbons (Fsp3) is 0.400. The van der Waals surface area contributed by atoms with Gasteiger partial charge in [-0.15, -0.1) is 0 Å². The van der Waals surface area contributed by atoms with Crippen molar-refractivity contribution >= 4 is 18.2 Å². The van der Waals surface area contributed by atoms with E-state index in [1.54, 1.807) is 0 Å². The molecule has 0 unspecified atom stereocenters. The number of amides is 1. The summed E-state index contributed by atoms with van der Waals surface area (Å²) < 4.78 is 0. The molecule has 0 aliphatic rings. The second-order valence-corrected chi connectivity index (χ2v) is 5.11. The molecule has 2 atom stereocenters. The number of rotatable bonds is 8. The van der Waals surface area contributed by atoms with E-state index in [1.807, 2.05) is 30.3 Å². The summed E-state index contributed by atoms with van der Waals surface area (Å²) in [6.07, 6.45) is 1.93. The zero-order valence-electron chi connectivity index (χ0n) is 12.4. The molecule has 0 bridgehead atoms. The van der Waals surface area contributed by atoms with E-state index in [9.17, 15) is 9.59 Å². The third-order valence-electron chi connectivity index (χ3n) is 3.27. The Hall–Kier alpha value is -2.25. The van der Waals surface area contributed by atoms with E-state index in [0.717, 1.165) is 10.5 Å². The lowest BCUT2D eigenvalue weighted by atomic mass is 10.1. The Morgan fingerprint density at radius 3 is 2.45 bits per heavy atom. The first kappa shape index (κ1) is 17.8. The number of nitrogens with one attached hydrogen (secondary N) is 1. The summed E-state index contributed by atoms with van der Waals surface area (Å²) in [7, 11) is 0. The molecule has 0 aliphatic carbocycles. The molecule has 0 saturated carbocycles. The summed E-state index contributed by atoms with van der Waals surface area (Å²) in [6.45, 7) is 0.220. The van der Waals surface area contributed by atoms with Crippen LogP contribution in [-0.2, 0) is 16.0 Å². The molecule has 22 heavy (non-hydrogen) atoms. The van der Waals surface area contributed by atoms with Crippen LogP contribution in [0.4, 0.5) is 0 Å². The van der Waals surface area contributed by atoms with Crippen molar-refractivity contribution in [2.45, 2.75) is 31.3 Å². The van der Waals surface area contributed by atoms with Crippen molar-refractivity contribution < 1.29 is 9.59 Å². The predicted octanol–water partition coefficient (Wildman–Crippen LogP) is -0.415. The maximum Gasteiger partial charge on any atom is 0.246 e. The number of aldehydes is 1. The average Bonchev–Trinajstić information content (AvgIpc) is 2.51. The molecule has 0 aliphatic heterocycles. The number of guanidine groups is 1. The van der Waals surface area contributed by atoms with E-state index in [-0.39, 0.29) is 12.5 Å². The summed E-state index contributed by atoms with van der Waals surface area (Å²) in [4.78, 5) is 23.9. The summed E-state index contributed by atoms with van der Waals surface area (Å²) in [5.41, 5.74) is 17.8.